The number of para-hydroxylation sites is 1. The van der Waals surface area contributed by atoms with E-state index in [1.807, 2.05) is 30.3 Å². The average molecular weight is 398 g/mol. The molecule has 1 N–H and O–H groups in total. The minimum Gasteiger partial charge on any atom is -0.359 e. The maximum absolute atomic E-state index is 12.8. The predicted octanol–water partition coefficient (Wildman–Crippen LogP) is 4.35. The van der Waals surface area contributed by atoms with Gasteiger partial charge in [-0.3, -0.25) is 9.59 Å². The number of nitrogens with one attached hydrogen (secondary N) is 1. The minimum atomic E-state index is -0.625. The summed E-state index contributed by atoms with van der Waals surface area (Å²) in [5.74, 6) is -1.21. The van der Waals surface area contributed by atoms with Crippen molar-refractivity contribution >= 4 is 33.9 Å². The molecule has 0 radical (unpaired) electrons. The number of Topliss-reactive ketones (excluding diaryl/α,β-unsaturated/α-hetero) is 1. The van der Waals surface area contributed by atoms with Crippen molar-refractivity contribution in [2.45, 2.75) is 12.8 Å². The first-order chi connectivity index (χ1) is 14.6. The number of aromatic nitrogens is 1. The lowest BCUT2D eigenvalue weighted by Gasteiger charge is -2.28. The van der Waals surface area contributed by atoms with Crippen LogP contribution in [0, 0.1) is 16.2 Å². The largest absolute Gasteiger partial charge is 0.359 e. The number of aromatic amines is 1. The van der Waals surface area contributed by atoms with Gasteiger partial charge in [-0.2, -0.15) is 5.26 Å². The lowest BCUT2D eigenvalue weighted by atomic mass is 9.93. The topological polar surface area (TPSA) is 106 Å². The number of hydrogen-bond acceptors (Lipinski definition) is 5. The van der Waals surface area contributed by atoms with Crippen LogP contribution >= 0.6 is 0 Å². The normalized spacial score (nSPS) is 13.7. The van der Waals surface area contributed by atoms with Gasteiger partial charge in [0.15, 0.2) is 0 Å². The summed E-state index contributed by atoms with van der Waals surface area (Å²) >= 11 is 0. The van der Waals surface area contributed by atoms with Crippen LogP contribution in [0.3, 0.4) is 0 Å². The van der Waals surface area contributed by atoms with Gasteiger partial charge in [-0.1, -0.05) is 42.5 Å². The number of nitrogens with zero attached hydrogens (tertiary/aromatic N) is 3. The average Bonchev–Trinajstić information content (AvgIpc) is 3.24. The van der Waals surface area contributed by atoms with Crippen molar-refractivity contribution in [1.29, 1.82) is 5.26 Å². The summed E-state index contributed by atoms with van der Waals surface area (Å²) in [5.41, 5.74) is 3.35. The van der Waals surface area contributed by atoms with Crippen molar-refractivity contribution in [2.24, 2.45) is 5.18 Å². The number of carbonyl (C=O) groups excluding carboxylic acids is 2. The number of piperidine rings is 1. The highest BCUT2D eigenvalue weighted by atomic mass is 16.3. The van der Waals surface area contributed by atoms with Crippen LogP contribution < -0.4 is 0 Å². The number of hydrogen-bond donors (Lipinski definition) is 1. The molecular formula is C23H18N4O3. The number of ketones is 1. The molecule has 3 aromatic rings. The Bertz CT molecular complexity index is 1210. The fourth-order valence-electron chi connectivity index (χ4n) is 3.84. The zero-order valence-electron chi connectivity index (χ0n) is 16.1. The molecule has 1 aliphatic rings. The van der Waals surface area contributed by atoms with Crippen molar-refractivity contribution < 1.29 is 9.59 Å². The molecule has 0 aliphatic carbocycles. The van der Waals surface area contributed by atoms with Gasteiger partial charge in [0.2, 0.25) is 0 Å². The lowest BCUT2D eigenvalue weighted by Crippen LogP contribution is -2.40. The van der Waals surface area contributed by atoms with Crippen molar-refractivity contribution in [3.8, 4) is 6.07 Å². The van der Waals surface area contributed by atoms with Crippen molar-refractivity contribution in [2.75, 3.05) is 13.1 Å². The summed E-state index contributed by atoms with van der Waals surface area (Å²) in [6.45, 7) is 0.753. The third-order valence-electron chi connectivity index (χ3n) is 5.41. The number of carbonyl (C=O) groups is 2. The van der Waals surface area contributed by atoms with Crippen LogP contribution in [-0.2, 0) is 4.79 Å². The number of nitroso groups, excluding NO2 is 1. The van der Waals surface area contributed by atoms with Gasteiger partial charge < -0.3 is 9.88 Å². The van der Waals surface area contributed by atoms with Crippen LogP contribution in [0.4, 0.5) is 5.69 Å². The summed E-state index contributed by atoms with van der Waals surface area (Å²) in [7, 11) is 0. The molecule has 1 fully saturated rings. The number of allylic oxidation sites excluding steroid dienone is 1. The summed E-state index contributed by atoms with van der Waals surface area (Å²) in [5, 5.41) is 13.0. The Labute approximate surface area is 172 Å². The molecule has 1 aliphatic heterocycles. The van der Waals surface area contributed by atoms with Gasteiger partial charge in [0.05, 0.1) is 22.7 Å². The van der Waals surface area contributed by atoms with Crippen LogP contribution in [0.15, 0.2) is 65.5 Å². The quantitative estimate of drug-likeness (QED) is 0.305. The van der Waals surface area contributed by atoms with E-state index in [-0.39, 0.29) is 11.3 Å². The van der Waals surface area contributed by atoms with E-state index >= 15 is 0 Å². The van der Waals surface area contributed by atoms with Gasteiger partial charge in [0.25, 0.3) is 11.7 Å². The van der Waals surface area contributed by atoms with E-state index in [2.05, 4.69) is 16.2 Å². The standard InChI is InChI=1S/C23H18N4O3/c24-13-18(15-5-2-1-3-6-15)16-9-11-27(12-10-16)23(29)22(28)19-14-25-21-17(19)7-4-8-20(21)26-30/h1-8,14,25H,9-12H2. The van der Waals surface area contributed by atoms with Gasteiger partial charge in [-0.15, -0.1) is 4.91 Å². The van der Waals surface area contributed by atoms with Crippen molar-refractivity contribution in [1.82, 2.24) is 9.88 Å². The molecule has 4 rings (SSSR count). The number of benzene rings is 2. The van der Waals surface area contributed by atoms with Crippen molar-refractivity contribution in [3.63, 3.8) is 0 Å². The molecule has 1 aromatic heterocycles. The first-order valence-electron chi connectivity index (χ1n) is 9.58. The maximum atomic E-state index is 12.8. The van der Waals surface area contributed by atoms with Gasteiger partial charge in [0.1, 0.15) is 5.69 Å². The molecule has 2 heterocycles. The van der Waals surface area contributed by atoms with E-state index in [1.54, 1.807) is 18.2 Å². The third kappa shape index (κ3) is 3.40. The Morgan fingerprint density at radius 1 is 1.03 bits per heavy atom. The van der Waals surface area contributed by atoms with Crippen LogP contribution in [0.5, 0.6) is 0 Å². The molecule has 0 unspecified atom stereocenters. The van der Waals surface area contributed by atoms with Crippen molar-refractivity contribution in [3.05, 3.63) is 76.3 Å². The summed E-state index contributed by atoms with van der Waals surface area (Å²) in [6, 6.07) is 16.6. The van der Waals surface area contributed by atoms with Gasteiger partial charge >= 0.3 is 0 Å². The molecule has 7 nitrogen and oxygen atoms in total. The number of nitriles is 1. The molecule has 7 heteroatoms. The van der Waals surface area contributed by atoms with Gasteiger partial charge in [-0.05, 0) is 35.2 Å². The number of amides is 1. The molecule has 0 saturated carbocycles. The molecule has 1 amide bonds. The van der Waals surface area contributed by atoms with Crippen LogP contribution in [0.1, 0.15) is 28.8 Å². The predicted molar refractivity (Wildman–Crippen MR) is 113 cm³/mol. The van der Waals surface area contributed by atoms with E-state index in [9.17, 15) is 19.8 Å². The molecule has 30 heavy (non-hydrogen) atoms. The fraction of sp³-hybridized carbons (Fsp3) is 0.174. The van der Waals surface area contributed by atoms with E-state index in [4.69, 9.17) is 0 Å². The number of H-pyrrole nitrogens is 1. The highest BCUT2D eigenvalue weighted by Gasteiger charge is 2.28. The zero-order valence-corrected chi connectivity index (χ0v) is 16.1. The smallest absolute Gasteiger partial charge is 0.295 e. The van der Waals surface area contributed by atoms with Crippen LogP contribution in [-0.4, -0.2) is 34.7 Å². The minimum absolute atomic E-state index is 0.191. The number of fused-ring (bicyclic) bond motifs is 1. The lowest BCUT2D eigenvalue weighted by molar-refractivity contribution is -0.126. The van der Waals surface area contributed by atoms with Gasteiger partial charge in [-0.25, -0.2) is 0 Å². The number of likely N-dealkylation sites (tertiary alicyclic amines) is 1. The Hall–Kier alpha value is -4.05. The Kier molecular flexibility index (Phi) is 5.22. The number of rotatable bonds is 4. The molecule has 0 bridgehead atoms. The highest BCUT2D eigenvalue weighted by Crippen LogP contribution is 2.29. The van der Waals surface area contributed by atoms with E-state index in [0.29, 0.717) is 42.4 Å². The van der Waals surface area contributed by atoms with E-state index in [0.717, 1.165) is 11.1 Å². The second kappa shape index (κ2) is 8.13. The fourth-order valence-corrected chi connectivity index (χ4v) is 3.84. The summed E-state index contributed by atoms with van der Waals surface area (Å²) in [4.78, 5) is 41.0. The monoisotopic (exact) mass is 398 g/mol. The summed E-state index contributed by atoms with van der Waals surface area (Å²) in [6.07, 6.45) is 2.53. The van der Waals surface area contributed by atoms with Crippen LogP contribution in [0.25, 0.3) is 16.5 Å². The summed E-state index contributed by atoms with van der Waals surface area (Å²) < 4.78 is 0. The molecular weight excluding hydrogens is 380 g/mol. The maximum Gasteiger partial charge on any atom is 0.295 e. The molecule has 0 spiro atoms. The Morgan fingerprint density at radius 2 is 1.77 bits per heavy atom. The second-order valence-corrected chi connectivity index (χ2v) is 7.07. The highest BCUT2D eigenvalue weighted by molar-refractivity contribution is 6.45. The second-order valence-electron chi connectivity index (χ2n) is 7.07. The zero-order chi connectivity index (χ0) is 21.1. The van der Waals surface area contributed by atoms with Gasteiger partial charge in [0, 0.05) is 24.7 Å². The SMILES string of the molecule is N#CC(=C1CCN(C(=O)C(=O)c2c[nH]c3c(N=O)cccc23)CC1)c1ccccc1. The van der Waals surface area contributed by atoms with Crippen LogP contribution in [0.2, 0.25) is 0 Å². The molecule has 2 aromatic carbocycles. The molecule has 148 valence electrons. The third-order valence-corrected chi connectivity index (χ3v) is 5.41. The first kappa shape index (κ1) is 19.3. The van der Waals surface area contributed by atoms with E-state index in [1.165, 1.54) is 11.1 Å². The molecule has 0 atom stereocenters. The first-order valence-corrected chi connectivity index (χ1v) is 9.58. The van der Waals surface area contributed by atoms with E-state index < -0.39 is 11.7 Å². The molecule has 1 saturated heterocycles. The Morgan fingerprint density at radius 3 is 2.43 bits per heavy atom. The Balaban J connectivity index is 1.52.